The van der Waals surface area contributed by atoms with Crippen LogP contribution in [0.3, 0.4) is 0 Å². The maximum Gasteiger partial charge on any atom is 0.248 e. The summed E-state index contributed by atoms with van der Waals surface area (Å²) in [5, 5.41) is 2.81. The molecule has 2 rings (SSSR count). The molecule has 19 heavy (non-hydrogen) atoms. The minimum atomic E-state index is -0.140. The molecule has 0 heterocycles. The zero-order valence-corrected chi connectivity index (χ0v) is 12.1. The maximum absolute atomic E-state index is 11.8. The van der Waals surface area contributed by atoms with E-state index in [0.29, 0.717) is 0 Å². The number of nitrogens with one attached hydrogen (secondary N) is 1. The summed E-state index contributed by atoms with van der Waals surface area (Å²) >= 11 is 3.37. The number of hydrogen-bond acceptors (Lipinski definition) is 1. The molecule has 0 unspecified atom stereocenters. The molecular formula is C16H14BrNO. The van der Waals surface area contributed by atoms with E-state index in [0.717, 1.165) is 15.7 Å². The molecule has 0 fully saturated rings. The van der Waals surface area contributed by atoms with Crippen LogP contribution in [0.4, 0.5) is 5.69 Å². The first-order valence-electron chi connectivity index (χ1n) is 5.95. The van der Waals surface area contributed by atoms with E-state index in [2.05, 4.69) is 21.2 Å². The highest BCUT2D eigenvalue weighted by molar-refractivity contribution is 9.10. The van der Waals surface area contributed by atoms with Gasteiger partial charge in [0.2, 0.25) is 5.91 Å². The topological polar surface area (TPSA) is 29.1 Å². The molecule has 2 aromatic carbocycles. The highest BCUT2D eigenvalue weighted by Crippen LogP contribution is 2.15. The third kappa shape index (κ3) is 4.38. The Bertz CT molecular complexity index is 602. The standard InChI is InChI=1S/C16H14BrNO/c1-12-5-7-13(8-6-12)9-10-16(19)18-15-4-2-3-14(17)11-15/h2-11H,1H3,(H,18,19)/b10-9+. The molecule has 3 heteroatoms. The van der Waals surface area contributed by atoms with Crippen LogP contribution in [0.2, 0.25) is 0 Å². The zero-order chi connectivity index (χ0) is 13.7. The Balaban J connectivity index is 1.99. The number of amides is 1. The van der Waals surface area contributed by atoms with Crippen LogP contribution in [0.15, 0.2) is 59.1 Å². The van der Waals surface area contributed by atoms with Crippen LogP contribution in [0, 0.1) is 6.92 Å². The number of carbonyl (C=O) groups excluding carboxylic acids is 1. The summed E-state index contributed by atoms with van der Waals surface area (Å²) < 4.78 is 0.938. The van der Waals surface area contributed by atoms with Gasteiger partial charge in [0.05, 0.1) is 0 Å². The van der Waals surface area contributed by atoms with Gasteiger partial charge in [0.25, 0.3) is 0 Å². The average molecular weight is 316 g/mol. The van der Waals surface area contributed by atoms with Gasteiger partial charge in [-0.2, -0.15) is 0 Å². The van der Waals surface area contributed by atoms with Crippen molar-refractivity contribution in [1.82, 2.24) is 0 Å². The molecule has 0 radical (unpaired) electrons. The molecule has 0 aliphatic carbocycles. The summed E-state index contributed by atoms with van der Waals surface area (Å²) in [5.41, 5.74) is 2.98. The van der Waals surface area contributed by atoms with Crippen LogP contribution >= 0.6 is 15.9 Å². The second-order valence-electron chi connectivity index (χ2n) is 4.24. The molecule has 0 spiro atoms. The Hall–Kier alpha value is -1.87. The molecule has 2 nitrogen and oxygen atoms in total. The SMILES string of the molecule is Cc1ccc(/C=C/C(=O)Nc2cccc(Br)c2)cc1. The third-order valence-electron chi connectivity index (χ3n) is 2.60. The van der Waals surface area contributed by atoms with Crippen LogP contribution in [0.5, 0.6) is 0 Å². The van der Waals surface area contributed by atoms with Gasteiger partial charge in [-0.15, -0.1) is 0 Å². The molecular weight excluding hydrogens is 302 g/mol. The molecule has 96 valence electrons. The van der Waals surface area contributed by atoms with Gasteiger partial charge in [-0.3, -0.25) is 4.79 Å². The van der Waals surface area contributed by atoms with Gasteiger partial charge in [-0.25, -0.2) is 0 Å². The Morgan fingerprint density at radius 3 is 2.58 bits per heavy atom. The third-order valence-corrected chi connectivity index (χ3v) is 3.09. The van der Waals surface area contributed by atoms with Crippen molar-refractivity contribution in [1.29, 1.82) is 0 Å². The predicted octanol–water partition coefficient (Wildman–Crippen LogP) is 4.41. The molecule has 1 N–H and O–H groups in total. The molecule has 1 amide bonds. The first-order valence-corrected chi connectivity index (χ1v) is 6.74. The lowest BCUT2D eigenvalue weighted by Gasteiger charge is -2.02. The Labute approximate surface area is 121 Å². The molecule has 2 aromatic rings. The van der Waals surface area contributed by atoms with E-state index >= 15 is 0 Å². The van der Waals surface area contributed by atoms with E-state index in [-0.39, 0.29) is 5.91 Å². The number of carbonyl (C=O) groups is 1. The van der Waals surface area contributed by atoms with Crippen LogP contribution in [-0.4, -0.2) is 5.91 Å². The van der Waals surface area contributed by atoms with Crippen molar-refractivity contribution in [3.8, 4) is 0 Å². The van der Waals surface area contributed by atoms with E-state index in [1.54, 1.807) is 6.08 Å². The first kappa shape index (κ1) is 13.6. The molecule has 0 atom stereocenters. The number of anilines is 1. The maximum atomic E-state index is 11.8. The monoisotopic (exact) mass is 315 g/mol. The second-order valence-corrected chi connectivity index (χ2v) is 5.16. The van der Waals surface area contributed by atoms with Gasteiger partial charge in [-0.05, 0) is 36.8 Å². The largest absolute Gasteiger partial charge is 0.322 e. The number of benzene rings is 2. The van der Waals surface area contributed by atoms with Crippen molar-refractivity contribution >= 4 is 33.6 Å². The summed E-state index contributed by atoms with van der Waals surface area (Å²) in [6, 6.07) is 15.5. The number of aryl methyl sites for hydroxylation is 1. The van der Waals surface area contributed by atoms with Crippen molar-refractivity contribution in [2.24, 2.45) is 0 Å². The summed E-state index contributed by atoms with van der Waals surface area (Å²) in [6.45, 7) is 2.04. The second kappa shape index (κ2) is 6.34. The van der Waals surface area contributed by atoms with Gasteiger partial charge < -0.3 is 5.32 Å². The quantitative estimate of drug-likeness (QED) is 0.835. The van der Waals surface area contributed by atoms with E-state index in [9.17, 15) is 4.79 Å². The normalized spacial score (nSPS) is 10.6. The van der Waals surface area contributed by atoms with Gasteiger partial charge in [-0.1, -0.05) is 51.8 Å². The fourth-order valence-electron chi connectivity index (χ4n) is 1.60. The fraction of sp³-hybridized carbons (Fsp3) is 0.0625. The molecule has 0 aliphatic heterocycles. The van der Waals surface area contributed by atoms with Crippen molar-refractivity contribution in [2.45, 2.75) is 6.92 Å². The minimum Gasteiger partial charge on any atom is -0.322 e. The summed E-state index contributed by atoms with van der Waals surface area (Å²) in [7, 11) is 0. The van der Waals surface area contributed by atoms with E-state index in [4.69, 9.17) is 0 Å². The lowest BCUT2D eigenvalue weighted by molar-refractivity contribution is -0.111. The molecule has 0 aromatic heterocycles. The van der Waals surface area contributed by atoms with Crippen molar-refractivity contribution in [3.63, 3.8) is 0 Å². The van der Waals surface area contributed by atoms with Crippen LogP contribution in [0.1, 0.15) is 11.1 Å². The van der Waals surface area contributed by atoms with Crippen LogP contribution < -0.4 is 5.32 Å². The van der Waals surface area contributed by atoms with Gasteiger partial charge >= 0.3 is 0 Å². The lowest BCUT2D eigenvalue weighted by atomic mass is 10.1. The number of hydrogen-bond donors (Lipinski definition) is 1. The van der Waals surface area contributed by atoms with Crippen LogP contribution in [-0.2, 0) is 4.79 Å². The molecule has 0 saturated carbocycles. The molecule has 0 bridgehead atoms. The minimum absolute atomic E-state index is 0.140. The van der Waals surface area contributed by atoms with Gasteiger partial charge in [0, 0.05) is 16.2 Å². The van der Waals surface area contributed by atoms with Crippen molar-refractivity contribution in [3.05, 3.63) is 70.2 Å². The first-order chi connectivity index (χ1) is 9.13. The molecule has 0 aliphatic rings. The van der Waals surface area contributed by atoms with Crippen LogP contribution in [0.25, 0.3) is 6.08 Å². The fourth-order valence-corrected chi connectivity index (χ4v) is 2.00. The predicted molar refractivity (Wildman–Crippen MR) is 83.0 cm³/mol. The van der Waals surface area contributed by atoms with E-state index < -0.39 is 0 Å². The van der Waals surface area contributed by atoms with E-state index in [1.807, 2.05) is 55.5 Å². The lowest BCUT2D eigenvalue weighted by Crippen LogP contribution is -2.07. The Morgan fingerprint density at radius 1 is 1.16 bits per heavy atom. The van der Waals surface area contributed by atoms with Gasteiger partial charge in [0.15, 0.2) is 0 Å². The highest BCUT2D eigenvalue weighted by atomic mass is 79.9. The summed E-state index contributed by atoms with van der Waals surface area (Å²) in [5.74, 6) is -0.140. The highest BCUT2D eigenvalue weighted by Gasteiger charge is 1.98. The van der Waals surface area contributed by atoms with Gasteiger partial charge in [0.1, 0.15) is 0 Å². The molecule has 0 saturated heterocycles. The van der Waals surface area contributed by atoms with Crippen molar-refractivity contribution in [2.75, 3.05) is 5.32 Å². The smallest absolute Gasteiger partial charge is 0.248 e. The Kier molecular flexibility index (Phi) is 4.53. The average Bonchev–Trinajstić information content (AvgIpc) is 2.38. The summed E-state index contributed by atoms with van der Waals surface area (Å²) in [4.78, 5) is 11.8. The number of rotatable bonds is 3. The Morgan fingerprint density at radius 2 is 1.89 bits per heavy atom. The summed E-state index contributed by atoms with van der Waals surface area (Å²) in [6.07, 6.45) is 3.33. The van der Waals surface area contributed by atoms with E-state index in [1.165, 1.54) is 11.6 Å². The zero-order valence-electron chi connectivity index (χ0n) is 10.6. The number of halogens is 1. The van der Waals surface area contributed by atoms with Crippen molar-refractivity contribution < 1.29 is 4.79 Å².